The van der Waals surface area contributed by atoms with E-state index < -0.39 is 16.9 Å². The Morgan fingerprint density at radius 3 is 2.82 bits per heavy atom. The minimum atomic E-state index is -1.73. The summed E-state index contributed by atoms with van der Waals surface area (Å²) in [7, 11) is -1.73. The van der Waals surface area contributed by atoms with Crippen molar-refractivity contribution in [1.29, 1.82) is 0 Å². The molecule has 1 aromatic heterocycles. The number of aromatic nitrogens is 1. The van der Waals surface area contributed by atoms with Crippen molar-refractivity contribution in [3.63, 3.8) is 0 Å². The number of H-pyrrole nitrogens is 1. The highest BCUT2D eigenvalue weighted by Gasteiger charge is 2.21. The first-order valence-electron chi connectivity index (χ1n) is 9.51. The molecular formula is C19H27N5O3S. The smallest absolute Gasteiger partial charge is 0.306 e. The third kappa shape index (κ3) is 5.34. The van der Waals surface area contributed by atoms with E-state index in [0.717, 1.165) is 12.3 Å². The number of rotatable bonds is 8. The Morgan fingerprint density at radius 2 is 2.11 bits per heavy atom. The number of nitrogen functional groups attached to an aromatic ring is 1. The second-order valence-corrected chi connectivity index (χ2v) is 8.04. The average Bonchev–Trinajstić information content (AvgIpc) is 2.96. The van der Waals surface area contributed by atoms with Crippen LogP contribution in [0, 0.1) is 0 Å². The largest absolute Gasteiger partial charge is 0.570 e. The van der Waals surface area contributed by atoms with Crippen LogP contribution >= 0.6 is 10.9 Å². The third-order valence-electron chi connectivity index (χ3n) is 4.69. The minimum absolute atomic E-state index is 0.0529. The van der Waals surface area contributed by atoms with E-state index in [1.54, 1.807) is 0 Å². The lowest BCUT2D eigenvalue weighted by Gasteiger charge is -2.26. The zero-order valence-corrected chi connectivity index (χ0v) is 16.7. The Balaban J connectivity index is 1.48. The van der Waals surface area contributed by atoms with Gasteiger partial charge in [-0.1, -0.05) is 18.6 Å². The van der Waals surface area contributed by atoms with Crippen molar-refractivity contribution in [2.45, 2.75) is 32.2 Å². The summed E-state index contributed by atoms with van der Waals surface area (Å²) < 4.78 is 20.1. The summed E-state index contributed by atoms with van der Waals surface area (Å²) in [5, 5.41) is 0. The van der Waals surface area contributed by atoms with E-state index in [4.69, 9.17) is 16.2 Å². The van der Waals surface area contributed by atoms with Gasteiger partial charge in [0.2, 0.25) is 0 Å². The first kappa shape index (κ1) is 20.4. The van der Waals surface area contributed by atoms with Gasteiger partial charge in [-0.2, -0.15) is 4.37 Å². The van der Waals surface area contributed by atoms with E-state index in [1.165, 1.54) is 37.9 Å². The van der Waals surface area contributed by atoms with E-state index in [0.29, 0.717) is 19.6 Å². The van der Waals surface area contributed by atoms with E-state index in [9.17, 15) is 9.35 Å². The molecule has 1 saturated heterocycles. The first-order chi connectivity index (χ1) is 13.5. The normalized spacial score (nSPS) is 16.3. The molecule has 1 aromatic carbocycles. The number of likely N-dealkylation sites (tertiary alicyclic amines) is 1. The molecule has 0 aliphatic carbocycles. The molecule has 8 nitrogen and oxygen atoms in total. The number of amides is 1. The van der Waals surface area contributed by atoms with Gasteiger partial charge in [0.05, 0.1) is 17.6 Å². The van der Waals surface area contributed by atoms with Gasteiger partial charge in [-0.25, -0.2) is 0 Å². The van der Waals surface area contributed by atoms with E-state index in [-0.39, 0.29) is 16.1 Å². The molecule has 152 valence electrons. The molecule has 0 bridgehead atoms. The van der Waals surface area contributed by atoms with Crippen LogP contribution in [0.5, 0.6) is 5.75 Å². The lowest BCUT2D eigenvalue weighted by Crippen LogP contribution is -2.29. The molecule has 3 rings (SSSR count). The summed E-state index contributed by atoms with van der Waals surface area (Å²) in [6, 6.07) is 8.18. The molecule has 1 unspecified atom stereocenters. The zero-order valence-electron chi connectivity index (χ0n) is 15.9. The Morgan fingerprint density at radius 1 is 1.32 bits per heavy atom. The van der Waals surface area contributed by atoms with Crippen molar-refractivity contribution >= 4 is 22.5 Å². The summed E-state index contributed by atoms with van der Waals surface area (Å²) >= 11 is 0. The van der Waals surface area contributed by atoms with Crippen molar-refractivity contribution in [2.24, 2.45) is 10.7 Å². The van der Waals surface area contributed by atoms with Gasteiger partial charge in [-0.15, -0.1) is 0 Å². The maximum Gasteiger partial charge on any atom is 0.306 e. The maximum absolute atomic E-state index is 11.7. The molecule has 0 spiro atoms. The van der Waals surface area contributed by atoms with Gasteiger partial charge in [0, 0.05) is 19.5 Å². The van der Waals surface area contributed by atoms with Crippen molar-refractivity contribution < 1.29 is 14.1 Å². The zero-order chi connectivity index (χ0) is 19.9. The Kier molecular flexibility index (Phi) is 7.07. The number of primary amides is 1. The fraction of sp³-hybridized carbons (Fsp3) is 0.474. The highest BCUT2D eigenvalue weighted by atomic mass is 32.2. The van der Waals surface area contributed by atoms with E-state index in [2.05, 4.69) is 26.4 Å². The fourth-order valence-corrected chi connectivity index (χ4v) is 4.23. The van der Waals surface area contributed by atoms with Crippen LogP contribution in [0.2, 0.25) is 0 Å². The lowest BCUT2D eigenvalue weighted by atomic mass is 10.1. The molecule has 1 fully saturated rings. The number of nitrogens with zero attached hydrogens (tertiary/aromatic N) is 2. The number of hydrogen-bond donors (Lipinski definition) is 3. The highest BCUT2D eigenvalue weighted by molar-refractivity contribution is 7.22. The number of anilines is 1. The summed E-state index contributed by atoms with van der Waals surface area (Å²) in [4.78, 5) is 17.8. The van der Waals surface area contributed by atoms with Crippen LogP contribution in [-0.4, -0.2) is 46.0 Å². The fourth-order valence-electron chi connectivity index (χ4n) is 3.30. The second kappa shape index (κ2) is 9.72. The summed E-state index contributed by atoms with van der Waals surface area (Å²) in [5.74, 6) is 0.0407. The van der Waals surface area contributed by atoms with Crippen LogP contribution in [0.3, 0.4) is 0 Å². The van der Waals surface area contributed by atoms with E-state index in [1.807, 2.05) is 12.1 Å². The van der Waals surface area contributed by atoms with Crippen LogP contribution in [0.15, 0.2) is 29.3 Å². The summed E-state index contributed by atoms with van der Waals surface area (Å²) in [6.45, 7) is 4.22. The quantitative estimate of drug-likeness (QED) is 0.455. The number of benzene rings is 1. The van der Waals surface area contributed by atoms with Crippen LogP contribution in [0.25, 0.3) is 0 Å². The van der Waals surface area contributed by atoms with Crippen molar-refractivity contribution in [3.8, 4) is 5.75 Å². The Hall–Kier alpha value is -2.36. The Labute approximate surface area is 167 Å². The molecule has 1 atom stereocenters. The number of piperidine rings is 1. The number of hydrogen-bond acceptors (Lipinski definition) is 6. The van der Waals surface area contributed by atoms with Gasteiger partial charge in [0.25, 0.3) is 4.88 Å². The van der Waals surface area contributed by atoms with Gasteiger partial charge >= 0.3 is 5.91 Å². The van der Waals surface area contributed by atoms with Gasteiger partial charge in [-0.3, -0.25) is 14.7 Å². The summed E-state index contributed by atoms with van der Waals surface area (Å²) in [5.41, 5.74) is 12.5. The monoisotopic (exact) mass is 405 g/mol. The second-order valence-electron chi connectivity index (χ2n) is 6.89. The van der Waals surface area contributed by atoms with Crippen molar-refractivity contribution in [3.05, 3.63) is 40.2 Å². The summed E-state index contributed by atoms with van der Waals surface area (Å²) in [6.07, 6.45) is 4.55. The first-order valence-corrected chi connectivity index (χ1v) is 10.7. The predicted octanol–water partition coefficient (Wildman–Crippen LogP) is 1.78. The van der Waals surface area contributed by atoms with Crippen LogP contribution in [0.1, 0.15) is 40.9 Å². The maximum atomic E-state index is 11.7. The van der Waals surface area contributed by atoms with Gasteiger partial charge in [0.15, 0.2) is 5.49 Å². The van der Waals surface area contributed by atoms with Crippen LogP contribution in [0.4, 0.5) is 5.69 Å². The highest BCUT2D eigenvalue weighted by Crippen LogP contribution is 2.19. The van der Waals surface area contributed by atoms with Gasteiger partial charge < -0.3 is 20.8 Å². The molecule has 1 aliphatic rings. The number of aromatic amines is 1. The SMILES string of the molecule is NC(=O)c1c(N)c(=NCCCOc2cccc(CN3CCCCC3)c2)[nH][s+]1[O-]. The molecule has 28 heavy (non-hydrogen) atoms. The van der Waals surface area contributed by atoms with Gasteiger partial charge in [0.1, 0.15) is 11.4 Å². The number of nitrogens with two attached hydrogens (primary N) is 2. The van der Waals surface area contributed by atoms with Crippen molar-refractivity contribution in [1.82, 2.24) is 9.27 Å². The number of nitrogens with one attached hydrogen (secondary N) is 1. The number of carbonyl (C=O) groups excluding carboxylic acids is 1. The molecule has 0 saturated carbocycles. The Bertz CT molecular complexity index is 871. The molecule has 9 heteroatoms. The number of ether oxygens (including phenoxy) is 1. The van der Waals surface area contributed by atoms with E-state index >= 15 is 0 Å². The topological polar surface area (TPSA) is 133 Å². The lowest BCUT2D eigenvalue weighted by molar-refractivity contribution is 0.100. The van der Waals surface area contributed by atoms with Gasteiger partial charge in [-0.05, 0) is 43.6 Å². The number of carbonyl (C=O) groups is 1. The molecule has 2 heterocycles. The third-order valence-corrected chi connectivity index (χ3v) is 5.86. The van der Waals surface area contributed by atoms with Crippen LogP contribution in [-0.2, 0) is 6.54 Å². The van der Waals surface area contributed by atoms with Crippen LogP contribution < -0.4 is 21.7 Å². The predicted molar refractivity (Wildman–Crippen MR) is 108 cm³/mol. The molecular weight excluding hydrogens is 378 g/mol. The standard InChI is InChI=1S/C19H27N5O3S/c20-16-17(18(21)25)28(26)23-19(16)22-8-5-11-27-15-7-4-6-14(12-15)13-24-9-2-1-3-10-24/h4,6-7,12H,1-3,5,8-11,13,20H2,(H2,21,25)(H,22,23). The average molecular weight is 406 g/mol. The molecule has 0 radical (unpaired) electrons. The molecule has 2 aromatic rings. The molecule has 1 amide bonds. The van der Waals surface area contributed by atoms with Crippen molar-refractivity contribution in [2.75, 3.05) is 32.0 Å². The minimum Gasteiger partial charge on any atom is -0.570 e. The molecule has 5 N–H and O–H groups in total. The molecule has 1 aliphatic heterocycles.